The number of rotatable bonds is 9. The normalized spacial score (nSPS) is 15.9. The molecule has 1 heterocycles. The van der Waals surface area contributed by atoms with Crippen molar-refractivity contribution < 1.29 is 17.9 Å². The molecule has 9 heteroatoms. The lowest BCUT2D eigenvalue weighted by atomic mass is 10.1. The van der Waals surface area contributed by atoms with Gasteiger partial charge in [-0.2, -0.15) is 16.5 Å². The topological polar surface area (TPSA) is 87.7 Å². The molecule has 0 aliphatic carbocycles. The Kier molecular flexibility index (Phi) is 8.36. The molecule has 1 saturated heterocycles. The van der Waals surface area contributed by atoms with E-state index in [4.69, 9.17) is 4.74 Å². The van der Waals surface area contributed by atoms with E-state index in [1.807, 2.05) is 36.0 Å². The molecule has 1 aliphatic rings. The molecule has 3 rings (SSSR count). The third-order valence-electron chi connectivity index (χ3n) is 5.14. The Morgan fingerprint density at radius 1 is 1.10 bits per heavy atom. The van der Waals surface area contributed by atoms with Crippen molar-refractivity contribution in [3.63, 3.8) is 0 Å². The zero-order chi connectivity index (χ0) is 22.3. The van der Waals surface area contributed by atoms with E-state index in [1.165, 1.54) is 43.2 Å². The lowest BCUT2D eigenvalue weighted by molar-refractivity contribution is -0.117. The van der Waals surface area contributed by atoms with Crippen molar-refractivity contribution in [1.82, 2.24) is 9.62 Å². The minimum Gasteiger partial charge on any atom is -0.497 e. The van der Waals surface area contributed by atoms with Crippen LogP contribution in [0.5, 0.6) is 5.75 Å². The van der Waals surface area contributed by atoms with Crippen molar-refractivity contribution in [1.29, 1.82) is 0 Å². The van der Waals surface area contributed by atoms with Crippen LogP contribution < -0.4 is 14.8 Å². The number of sulfonamides is 1. The molecule has 1 fully saturated rings. The first-order chi connectivity index (χ1) is 14.9. The summed E-state index contributed by atoms with van der Waals surface area (Å²) < 4.78 is 32.5. The molecule has 2 aromatic carbocycles. The standard InChI is InChI=1S/C22H29N3O4S2/c1-17(24-31(27,28)21-9-7-20(29-2)8-10-21)22(26)23-19-5-3-18(4-6-19)11-12-25-13-15-30-16-14-25/h3-10,17,24H,11-16H2,1-2H3,(H,23,26)/t17-/m0/s1. The molecule has 31 heavy (non-hydrogen) atoms. The maximum Gasteiger partial charge on any atom is 0.242 e. The molecule has 168 valence electrons. The molecule has 0 unspecified atom stereocenters. The van der Waals surface area contributed by atoms with Crippen molar-refractivity contribution in [3.8, 4) is 5.75 Å². The lowest BCUT2D eigenvalue weighted by Crippen LogP contribution is -2.41. The Morgan fingerprint density at radius 3 is 2.35 bits per heavy atom. The molecule has 0 saturated carbocycles. The molecule has 0 radical (unpaired) electrons. The van der Waals surface area contributed by atoms with Crippen molar-refractivity contribution in [2.75, 3.05) is 43.6 Å². The number of amides is 1. The first kappa shape index (κ1) is 23.6. The highest BCUT2D eigenvalue weighted by Gasteiger charge is 2.22. The number of hydrogen-bond acceptors (Lipinski definition) is 6. The van der Waals surface area contributed by atoms with Gasteiger partial charge in [0.05, 0.1) is 18.0 Å². The third-order valence-corrected chi connectivity index (χ3v) is 7.64. The van der Waals surface area contributed by atoms with Crippen LogP contribution in [0.1, 0.15) is 12.5 Å². The fourth-order valence-corrected chi connectivity index (χ4v) is 5.41. The summed E-state index contributed by atoms with van der Waals surface area (Å²) in [4.78, 5) is 15.0. The number of carbonyl (C=O) groups is 1. The van der Waals surface area contributed by atoms with Crippen LogP contribution in [-0.2, 0) is 21.2 Å². The fraction of sp³-hybridized carbons (Fsp3) is 0.409. The third kappa shape index (κ3) is 6.96. The lowest BCUT2D eigenvalue weighted by Gasteiger charge is -2.26. The van der Waals surface area contributed by atoms with Gasteiger partial charge in [0.25, 0.3) is 0 Å². The average Bonchev–Trinajstić information content (AvgIpc) is 2.79. The summed E-state index contributed by atoms with van der Waals surface area (Å²) in [6, 6.07) is 12.8. The van der Waals surface area contributed by atoms with E-state index in [2.05, 4.69) is 14.9 Å². The average molecular weight is 464 g/mol. The summed E-state index contributed by atoms with van der Waals surface area (Å²) in [5, 5.41) is 2.77. The Bertz CT molecular complexity index is 957. The monoisotopic (exact) mass is 463 g/mol. The molecular formula is C22H29N3O4S2. The summed E-state index contributed by atoms with van der Waals surface area (Å²) >= 11 is 2.00. The van der Waals surface area contributed by atoms with Gasteiger partial charge in [-0.1, -0.05) is 12.1 Å². The SMILES string of the molecule is COc1ccc(S(=O)(=O)N[C@@H](C)C(=O)Nc2ccc(CCN3CCSCC3)cc2)cc1. The smallest absolute Gasteiger partial charge is 0.242 e. The summed E-state index contributed by atoms with van der Waals surface area (Å²) in [5.41, 5.74) is 1.85. The molecule has 1 aliphatic heterocycles. The molecule has 0 aromatic heterocycles. The van der Waals surface area contributed by atoms with Crippen LogP contribution in [0.2, 0.25) is 0 Å². The number of ether oxygens (including phenoxy) is 1. The minimum absolute atomic E-state index is 0.0737. The Balaban J connectivity index is 1.51. The Hall–Kier alpha value is -2.07. The highest BCUT2D eigenvalue weighted by molar-refractivity contribution is 7.99. The summed E-state index contributed by atoms with van der Waals surface area (Å²) in [5.74, 6) is 2.54. The Morgan fingerprint density at radius 2 is 1.74 bits per heavy atom. The zero-order valence-electron chi connectivity index (χ0n) is 17.8. The van der Waals surface area contributed by atoms with E-state index in [9.17, 15) is 13.2 Å². The predicted octanol–water partition coefficient (Wildman–Crippen LogP) is 2.59. The van der Waals surface area contributed by atoms with Gasteiger partial charge in [-0.05, 0) is 55.3 Å². The van der Waals surface area contributed by atoms with Gasteiger partial charge >= 0.3 is 0 Å². The summed E-state index contributed by atoms with van der Waals surface area (Å²) in [6.45, 7) is 4.84. The summed E-state index contributed by atoms with van der Waals surface area (Å²) in [7, 11) is -2.31. The van der Waals surface area contributed by atoms with Crippen LogP contribution in [0, 0.1) is 0 Å². The number of methoxy groups -OCH3 is 1. The van der Waals surface area contributed by atoms with Crippen molar-refractivity contribution in [2.24, 2.45) is 0 Å². The van der Waals surface area contributed by atoms with Gasteiger partial charge < -0.3 is 15.0 Å². The Labute approximate surface area is 188 Å². The second-order valence-electron chi connectivity index (χ2n) is 7.41. The number of anilines is 1. The van der Waals surface area contributed by atoms with Crippen LogP contribution in [0.4, 0.5) is 5.69 Å². The first-order valence-electron chi connectivity index (χ1n) is 10.2. The maximum atomic E-state index is 12.5. The van der Waals surface area contributed by atoms with E-state index in [0.717, 1.165) is 26.1 Å². The number of nitrogens with zero attached hydrogens (tertiary/aromatic N) is 1. The molecule has 7 nitrogen and oxygen atoms in total. The molecule has 0 bridgehead atoms. The van der Waals surface area contributed by atoms with Crippen molar-refractivity contribution >= 4 is 33.4 Å². The van der Waals surface area contributed by atoms with Crippen LogP contribution >= 0.6 is 11.8 Å². The minimum atomic E-state index is -3.82. The largest absolute Gasteiger partial charge is 0.497 e. The van der Waals surface area contributed by atoms with Gasteiger partial charge in [-0.25, -0.2) is 8.42 Å². The van der Waals surface area contributed by atoms with Crippen LogP contribution in [0.15, 0.2) is 53.4 Å². The molecule has 2 aromatic rings. The van der Waals surface area contributed by atoms with Gasteiger partial charge in [-0.3, -0.25) is 4.79 Å². The van der Waals surface area contributed by atoms with Crippen molar-refractivity contribution in [3.05, 3.63) is 54.1 Å². The zero-order valence-corrected chi connectivity index (χ0v) is 19.5. The van der Waals surface area contributed by atoms with Gasteiger partial charge in [0.1, 0.15) is 5.75 Å². The molecular weight excluding hydrogens is 434 g/mol. The van der Waals surface area contributed by atoms with E-state index in [0.29, 0.717) is 11.4 Å². The highest BCUT2D eigenvalue weighted by Crippen LogP contribution is 2.16. The fourth-order valence-electron chi connectivity index (χ4n) is 3.23. The van der Waals surface area contributed by atoms with E-state index in [-0.39, 0.29) is 4.90 Å². The van der Waals surface area contributed by atoms with Gasteiger partial charge in [0, 0.05) is 36.8 Å². The van der Waals surface area contributed by atoms with E-state index in [1.54, 1.807) is 12.1 Å². The predicted molar refractivity (Wildman–Crippen MR) is 125 cm³/mol. The number of thioether (sulfide) groups is 1. The van der Waals surface area contributed by atoms with Crippen LogP contribution in [0.25, 0.3) is 0 Å². The quantitative estimate of drug-likeness (QED) is 0.594. The van der Waals surface area contributed by atoms with E-state index < -0.39 is 22.0 Å². The second-order valence-corrected chi connectivity index (χ2v) is 10.3. The van der Waals surface area contributed by atoms with Crippen LogP contribution in [-0.4, -0.2) is 63.5 Å². The molecule has 0 spiro atoms. The molecule has 1 amide bonds. The van der Waals surface area contributed by atoms with Crippen molar-refractivity contribution in [2.45, 2.75) is 24.3 Å². The second kappa shape index (κ2) is 11.0. The number of benzene rings is 2. The maximum absolute atomic E-state index is 12.5. The number of hydrogen-bond donors (Lipinski definition) is 2. The van der Waals surface area contributed by atoms with Crippen LogP contribution in [0.3, 0.4) is 0 Å². The number of nitrogens with one attached hydrogen (secondary N) is 2. The molecule has 1 atom stereocenters. The highest BCUT2D eigenvalue weighted by atomic mass is 32.2. The number of carbonyl (C=O) groups excluding carboxylic acids is 1. The van der Waals surface area contributed by atoms with Gasteiger partial charge in [-0.15, -0.1) is 0 Å². The molecule has 2 N–H and O–H groups in total. The van der Waals surface area contributed by atoms with Gasteiger partial charge in [0.15, 0.2) is 0 Å². The van der Waals surface area contributed by atoms with E-state index >= 15 is 0 Å². The van der Waals surface area contributed by atoms with Gasteiger partial charge in [0.2, 0.25) is 15.9 Å². The first-order valence-corrected chi connectivity index (χ1v) is 12.9. The summed E-state index contributed by atoms with van der Waals surface area (Å²) in [6.07, 6.45) is 0.969.